The summed E-state index contributed by atoms with van der Waals surface area (Å²) in [6, 6.07) is 14.6. The van der Waals surface area contributed by atoms with Crippen LogP contribution in [-0.4, -0.2) is 91.4 Å². The summed E-state index contributed by atoms with van der Waals surface area (Å²) in [7, 11) is -2.96. The Morgan fingerprint density at radius 2 is 1.77 bits per heavy atom. The van der Waals surface area contributed by atoms with Crippen LogP contribution in [0, 0.1) is 0 Å². The summed E-state index contributed by atoms with van der Waals surface area (Å²) < 4.78 is 29.2. The second kappa shape index (κ2) is 10.4. The molecule has 3 aliphatic rings. The summed E-state index contributed by atoms with van der Waals surface area (Å²) in [5.41, 5.74) is 1.49. The number of nitrogens with one attached hydrogen (secondary N) is 1. The number of hydrogen-bond donors (Lipinski definition) is 1. The van der Waals surface area contributed by atoms with Gasteiger partial charge < -0.3 is 15.0 Å². The van der Waals surface area contributed by atoms with E-state index in [0.29, 0.717) is 30.3 Å². The molecule has 0 aromatic heterocycles. The largest absolute Gasteiger partial charge is 0.492 e. The first-order valence-electron chi connectivity index (χ1n) is 11.6. The summed E-state index contributed by atoms with van der Waals surface area (Å²) in [6.45, 7) is 4.37. The van der Waals surface area contributed by atoms with Crippen molar-refractivity contribution in [2.75, 3.05) is 56.2 Å². The Kier molecular flexibility index (Phi) is 7.24. The Hall–Kier alpha value is -2.27. The number of anilines is 1. The molecule has 2 aromatic rings. The lowest BCUT2D eigenvalue weighted by atomic mass is 10.1. The zero-order valence-corrected chi connectivity index (χ0v) is 21.5. The van der Waals surface area contributed by atoms with Crippen LogP contribution in [0.3, 0.4) is 0 Å². The van der Waals surface area contributed by atoms with E-state index in [1.165, 1.54) is 11.8 Å². The molecule has 2 atom stereocenters. The van der Waals surface area contributed by atoms with Crippen molar-refractivity contribution in [2.45, 2.75) is 11.3 Å². The first kappa shape index (κ1) is 24.4. The van der Waals surface area contributed by atoms with E-state index in [0.717, 1.165) is 36.2 Å². The van der Waals surface area contributed by atoms with Crippen LogP contribution < -0.4 is 10.1 Å². The van der Waals surface area contributed by atoms with Crippen LogP contribution >= 0.6 is 23.4 Å². The molecule has 0 radical (unpaired) electrons. The van der Waals surface area contributed by atoms with E-state index in [1.54, 1.807) is 0 Å². The number of nitrogens with zero attached hydrogens (tertiary/aromatic N) is 3. The molecule has 0 unspecified atom stereocenters. The Morgan fingerprint density at radius 1 is 1.06 bits per heavy atom. The number of amidine groups is 1. The van der Waals surface area contributed by atoms with Gasteiger partial charge in [-0.1, -0.05) is 23.4 Å². The van der Waals surface area contributed by atoms with Crippen molar-refractivity contribution in [3.8, 4) is 5.75 Å². The molecule has 35 heavy (non-hydrogen) atoms. The summed E-state index contributed by atoms with van der Waals surface area (Å²) in [4.78, 5) is 21.7. The highest BCUT2D eigenvalue weighted by atomic mass is 35.5. The van der Waals surface area contributed by atoms with Gasteiger partial charge in [0.15, 0.2) is 15.0 Å². The van der Waals surface area contributed by atoms with E-state index < -0.39 is 9.84 Å². The van der Waals surface area contributed by atoms with E-state index in [-0.39, 0.29) is 28.7 Å². The van der Waals surface area contributed by atoms with Gasteiger partial charge in [0.25, 0.3) is 5.91 Å². The van der Waals surface area contributed by atoms with Crippen molar-refractivity contribution >= 4 is 50.0 Å². The fourth-order valence-electron chi connectivity index (χ4n) is 4.42. The summed E-state index contributed by atoms with van der Waals surface area (Å²) >= 11 is 7.38. The van der Waals surface area contributed by atoms with Gasteiger partial charge in [0, 0.05) is 54.2 Å². The number of aliphatic imine (C=N–C) groups is 1. The number of sulfone groups is 1. The number of fused-ring (bicyclic) bond motifs is 1. The molecule has 3 heterocycles. The molecule has 2 fully saturated rings. The monoisotopic (exact) mass is 534 g/mol. The lowest BCUT2D eigenvalue weighted by Gasteiger charge is -2.34. The number of rotatable bonds is 6. The van der Waals surface area contributed by atoms with Gasteiger partial charge in [-0.05, 0) is 48.5 Å². The first-order chi connectivity index (χ1) is 16.8. The number of piperazine rings is 1. The summed E-state index contributed by atoms with van der Waals surface area (Å²) in [5, 5.41) is 4.68. The van der Waals surface area contributed by atoms with Crippen molar-refractivity contribution in [1.29, 1.82) is 0 Å². The quantitative estimate of drug-likeness (QED) is 0.609. The predicted octanol–water partition coefficient (Wildman–Crippen LogP) is 2.86. The maximum Gasteiger partial charge on any atom is 0.253 e. The van der Waals surface area contributed by atoms with Crippen LogP contribution in [0.1, 0.15) is 10.4 Å². The lowest BCUT2D eigenvalue weighted by Crippen LogP contribution is -2.49. The Bertz CT molecular complexity index is 1200. The number of hydrogen-bond acceptors (Lipinski definition) is 8. The number of carbonyl (C=O) groups excluding carboxylic acids is 1. The highest BCUT2D eigenvalue weighted by molar-refractivity contribution is 8.15. The summed E-state index contributed by atoms with van der Waals surface area (Å²) in [6.07, 6.45) is 0. The Balaban J connectivity index is 1.06. The van der Waals surface area contributed by atoms with Crippen molar-refractivity contribution in [3.63, 3.8) is 0 Å². The fraction of sp³-hybridized carbons (Fsp3) is 0.417. The van der Waals surface area contributed by atoms with Crippen LogP contribution in [0.25, 0.3) is 0 Å². The zero-order valence-electron chi connectivity index (χ0n) is 19.1. The molecule has 0 bridgehead atoms. The van der Waals surface area contributed by atoms with Crippen LogP contribution in [0.15, 0.2) is 53.5 Å². The molecule has 8 nitrogen and oxygen atoms in total. The molecule has 1 amide bonds. The van der Waals surface area contributed by atoms with Gasteiger partial charge >= 0.3 is 0 Å². The van der Waals surface area contributed by atoms with Gasteiger partial charge in [-0.2, -0.15) is 0 Å². The van der Waals surface area contributed by atoms with Gasteiger partial charge in [0.05, 0.1) is 17.5 Å². The van der Waals surface area contributed by atoms with Crippen molar-refractivity contribution in [1.82, 2.24) is 9.80 Å². The summed E-state index contributed by atoms with van der Waals surface area (Å²) in [5.74, 6) is 1.15. The standard InChI is InChI=1S/C24H27ClN4O4S2/c25-18-3-7-20(8-4-18)33-14-13-28-9-11-29(12-10-28)23(30)17-1-5-19(6-2-17)26-24-27-21-15-35(31,32)16-22(21)34-24/h1-8,21-22H,9-16H2,(H,26,27)/t21-,22-/m1/s1. The minimum absolute atomic E-state index is 0.00557. The highest BCUT2D eigenvalue weighted by Gasteiger charge is 2.42. The number of ether oxygens (including phenoxy) is 1. The van der Waals surface area contributed by atoms with E-state index in [1.807, 2.05) is 53.4 Å². The predicted molar refractivity (Wildman–Crippen MR) is 141 cm³/mol. The molecule has 5 rings (SSSR count). The highest BCUT2D eigenvalue weighted by Crippen LogP contribution is 2.34. The third-order valence-electron chi connectivity index (χ3n) is 6.35. The van der Waals surface area contributed by atoms with Crippen LogP contribution in [0.5, 0.6) is 5.75 Å². The third kappa shape index (κ3) is 6.11. The number of thioether (sulfide) groups is 1. The topological polar surface area (TPSA) is 91.3 Å². The van der Waals surface area contributed by atoms with Crippen LogP contribution in [-0.2, 0) is 9.84 Å². The van der Waals surface area contributed by atoms with Crippen molar-refractivity contribution in [2.24, 2.45) is 4.99 Å². The average molecular weight is 535 g/mol. The fourth-order valence-corrected chi connectivity index (χ4v) is 8.22. The molecule has 11 heteroatoms. The minimum Gasteiger partial charge on any atom is -0.492 e. The second-order valence-electron chi connectivity index (χ2n) is 8.87. The van der Waals surface area contributed by atoms with Gasteiger partial charge in [0.1, 0.15) is 12.4 Å². The van der Waals surface area contributed by atoms with Crippen LogP contribution in [0.2, 0.25) is 5.02 Å². The minimum atomic E-state index is -2.96. The molecule has 1 N–H and O–H groups in total. The smallest absolute Gasteiger partial charge is 0.253 e. The number of halogens is 1. The maximum atomic E-state index is 12.9. The van der Waals surface area contributed by atoms with Gasteiger partial charge in [-0.25, -0.2) is 8.42 Å². The van der Waals surface area contributed by atoms with E-state index >= 15 is 0 Å². The van der Waals surface area contributed by atoms with E-state index in [2.05, 4.69) is 15.2 Å². The van der Waals surface area contributed by atoms with Crippen molar-refractivity contribution < 1.29 is 17.9 Å². The normalized spacial score (nSPS) is 23.6. The average Bonchev–Trinajstić information content (AvgIpc) is 3.33. The molecular weight excluding hydrogens is 508 g/mol. The number of carbonyl (C=O) groups is 1. The number of benzene rings is 2. The van der Waals surface area contributed by atoms with E-state index in [4.69, 9.17) is 16.3 Å². The van der Waals surface area contributed by atoms with E-state index in [9.17, 15) is 13.2 Å². The van der Waals surface area contributed by atoms with Gasteiger partial charge in [-0.3, -0.25) is 14.7 Å². The Labute approximate surface area is 214 Å². The lowest BCUT2D eigenvalue weighted by molar-refractivity contribution is 0.0620. The molecule has 2 saturated heterocycles. The SMILES string of the molecule is O=C(c1ccc(NC2=N[C@@H]3CS(=O)(=O)C[C@H]3S2)cc1)N1CCN(CCOc2ccc(Cl)cc2)CC1. The number of amides is 1. The maximum absolute atomic E-state index is 12.9. The molecular formula is C24H27ClN4O4S2. The van der Waals surface area contributed by atoms with Gasteiger partial charge in [-0.15, -0.1) is 0 Å². The Morgan fingerprint density at radius 3 is 2.46 bits per heavy atom. The molecule has 0 aliphatic carbocycles. The molecule has 2 aromatic carbocycles. The van der Waals surface area contributed by atoms with Crippen LogP contribution in [0.4, 0.5) is 5.69 Å². The molecule has 0 saturated carbocycles. The zero-order chi connectivity index (χ0) is 24.4. The van der Waals surface area contributed by atoms with Gasteiger partial charge in [0.2, 0.25) is 0 Å². The molecule has 186 valence electrons. The molecule has 0 spiro atoms. The first-order valence-corrected chi connectivity index (χ1v) is 14.6. The van der Waals surface area contributed by atoms with Crippen molar-refractivity contribution in [3.05, 3.63) is 59.1 Å². The third-order valence-corrected chi connectivity index (χ3v) is 9.74. The molecule has 3 aliphatic heterocycles. The second-order valence-corrected chi connectivity index (χ2v) is 12.7.